The van der Waals surface area contributed by atoms with Gasteiger partial charge in [-0.2, -0.15) is 0 Å². The van der Waals surface area contributed by atoms with Gasteiger partial charge in [0.05, 0.1) is 12.1 Å². The normalized spacial score (nSPS) is 11.3. The predicted octanol–water partition coefficient (Wildman–Crippen LogP) is 2.58. The van der Waals surface area contributed by atoms with Gasteiger partial charge in [0.1, 0.15) is 0 Å². The summed E-state index contributed by atoms with van der Waals surface area (Å²) in [6.07, 6.45) is 0. The van der Waals surface area contributed by atoms with Crippen LogP contribution in [0.15, 0.2) is 24.3 Å². The van der Waals surface area contributed by atoms with Crippen LogP contribution in [0.5, 0.6) is 0 Å². The molecule has 0 fully saturated rings. The minimum absolute atomic E-state index is 0.112. The molecule has 0 heterocycles. The number of methoxy groups -OCH3 is 1. The Balaban J connectivity index is 2.75. The molecule has 0 spiro atoms. The average Bonchev–Trinajstić information content (AvgIpc) is 2.28. The summed E-state index contributed by atoms with van der Waals surface area (Å²) >= 11 is 5.73. The van der Waals surface area contributed by atoms with E-state index in [1.54, 1.807) is 19.2 Å². The molecule has 0 aliphatic rings. The van der Waals surface area contributed by atoms with E-state index < -0.39 is 0 Å². The molecule has 1 rings (SSSR count). The average molecular weight is 256 g/mol. The van der Waals surface area contributed by atoms with Crippen molar-refractivity contribution in [2.24, 2.45) is 0 Å². The largest absolute Gasteiger partial charge is 0.382 e. The van der Waals surface area contributed by atoms with Gasteiger partial charge in [-0.3, -0.25) is 4.79 Å². The minimum Gasteiger partial charge on any atom is -0.382 e. The fourth-order valence-corrected chi connectivity index (χ4v) is 1.74. The van der Waals surface area contributed by atoms with Gasteiger partial charge in [0.15, 0.2) is 0 Å². The number of hydrogen-bond acceptors (Lipinski definition) is 2. The van der Waals surface area contributed by atoms with Crippen LogP contribution in [0.25, 0.3) is 0 Å². The van der Waals surface area contributed by atoms with Gasteiger partial charge >= 0.3 is 0 Å². The molecule has 0 aliphatic heterocycles. The maximum Gasteiger partial charge on any atom is 0.251 e. The number of carbonyl (C=O) groups excluding carboxylic acids is 1. The monoisotopic (exact) mass is 255 g/mol. The number of amides is 1. The summed E-state index contributed by atoms with van der Waals surface area (Å²) in [5.74, 6) is 0.293. The van der Waals surface area contributed by atoms with Gasteiger partial charge in [-0.25, -0.2) is 0 Å². The van der Waals surface area contributed by atoms with Gasteiger partial charge in [0.2, 0.25) is 0 Å². The van der Waals surface area contributed by atoms with Crippen LogP contribution in [0.4, 0.5) is 0 Å². The quantitative estimate of drug-likeness (QED) is 0.822. The Morgan fingerprint density at radius 2 is 2.18 bits per heavy atom. The van der Waals surface area contributed by atoms with Gasteiger partial charge in [-0.15, -0.1) is 11.6 Å². The Labute approximate surface area is 107 Å². The molecule has 17 heavy (non-hydrogen) atoms. The van der Waals surface area contributed by atoms with Crippen molar-refractivity contribution in [3.63, 3.8) is 0 Å². The van der Waals surface area contributed by atoms with Crippen molar-refractivity contribution in [1.29, 1.82) is 0 Å². The van der Waals surface area contributed by atoms with Crippen molar-refractivity contribution in [1.82, 2.24) is 5.32 Å². The van der Waals surface area contributed by atoms with E-state index in [9.17, 15) is 4.79 Å². The van der Waals surface area contributed by atoms with Crippen LogP contribution < -0.4 is 5.32 Å². The van der Waals surface area contributed by atoms with Crippen LogP contribution in [0.3, 0.4) is 0 Å². The number of alkyl halides is 1. The second-order valence-electron chi connectivity index (χ2n) is 4.61. The van der Waals surface area contributed by atoms with Crippen LogP contribution in [-0.2, 0) is 10.6 Å². The maximum absolute atomic E-state index is 12.0. The number of halogens is 1. The molecule has 0 saturated heterocycles. The third-order valence-corrected chi connectivity index (χ3v) is 2.61. The molecule has 1 aromatic rings. The molecule has 4 heteroatoms. The van der Waals surface area contributed by atoms with E-state index in [2.05, 4.69) is 5.32 Å². The summed E-state index contributed by atoms with van der Waals surface area (Å²) in [4.78, 5) is 12.0. The third-order valence-electron chi connectivity index (χ3n) is 2.30. The summed E-state index contributed by atoms with van der Waals surface area (Å²) in [6.45, 7) is 4.30. The second-order valence-corrected chi connectivity index (χ2v) is 4.87. The molecule has 1 aromatic carbocycles. The molecular weight excluding hydrogens is 238 g/mol. The first-order valence-corrected chi connectivity index (χ1v) is 5.98. The van der Waals surface area contributed by atoms with E-state index in [1.807, 2.05) is 26.0 Å². The fourth-order valence-electron chi connectivity index (χ4n) is 1.57. The molecule has 0 bridgehead atoms. The molecule has 0 radical (unpaired) electrons. The van der Waals surface area contributed by atoms with Crippen LogP contribution in [0.2, 0.25) is 0 Å². The summed E-state index contributed by atoms with van der Waals surface area (Å²) in [7, 11) is 1.61. The summed E-state index contributed by atoms with van der Waals surface area (Å²) in [5.41, 5.74) is 1.17. The molecule has 0 atom stereocenters. The zero-order valence-corrected chi connectivity index (χ0v) is 11.2. The van der Waals surface area contributed by atoms with E-state index in [4.69, 9.17) is 16.3 Å². The standard InChI is InChI=1S/C13H18ClNO2/c1-13(2,9-17-3)15-12(16)11-6-4-5-10(7-11)8-14/h4-7H,8-9H2,1-3H3,(H,15,16). The lowest BCUT2D eigenvalue weighted by Gasteiger charge is -2.25. The van der Waals surface area contributed by atoms with Crippen molar-refractivity contribution < 1.29 is 9.53 Å². The zero-order chi connectivity index (χ0) is 12.9. The molecule has 0 aromatic heterocycles. The van der Waals surface area contributed by atoms with Crippen molar-refractivity contribution in [2.45, 2.75) is 25.3 Å². The Hall–Kier alpha value is -1.06. The number of nitrogens with one attached hydrogen (secondary N) is 1. The van der Waals surface area contributed by atoms with Crippen molar-refractivity contribution in [3.05, 3.63) is 35.4 Å². The van der Waals surface area contributed by atoms with Gasteiger partial charge in [-0.1, -0.05) is 12.1 Å². The molecule has 94 valence electrons. The number of benzene rings is 1. The topological polar surface area (TPSA) is 38.3 Å². The Morgan fingerprint density at radius 1 is 1.47 bits per heavy atom. The molecule has 0 unspecified atom stereocenters. The summed E-state index contributed by atoms with van der Waals surface area (Å²) in [5, 5.41) is 2.92. The van der Waals surface area contributed by atoms with E-state index >= 15 is 0 Å². The molecular formula is C13H18ClNO2. The van der Waals surface area contributed by atoms with Gasteiger partial charge < -0.3 is 10.1 Å². The van der Waals surface area contributed by atoms with E-state index in [1.165, 1.54) is 0 Å². The summed E-state index contributed by atoms with van der Waals surface area (Å²) in [6, 6.07) is 7.29. The van der Waals surface area contributed by atoms with Crippen molar-refractivity contribution in [3.8, 4) is 0 Å². The number of ether oxygens (including phenoxy) is 1. The van der Waals surface area contributed by atoms with Crippen LogP contribution in [0, 0.1) is 0 Å². The van der Waals surface area contributed by atoms with Crippen LogP contribution >= 0.6 is 11.6 Å². The number of carbonyl (C=O) groups is 1. The second kappa shape index (κ2) is 6.03. The highest BCUT2D eigenvalue weighted by atomic mass is 35.5. The van der Waals surface area contributed by atoms with Gasteiger partial charge in [-0.05, 0) is 31.5 Å². The highest BCUT2D eigenvalue weighted by Gasteiger charge is 2.20. The molecule has 3 nitrogen and oxygen atoms in total. The molecule has 1 amide bonds. The maximum atomic E-state index is 12.0. The first kappa shape index (κ1) is 14.0. The zero-order valence-electron chi connectivity index (χ0n) is 10.4. The van der Waals surface area contributed by atoms with Gasteiger partial charge in [0.25, 0.3) is 5.91 Å². The molecule has 0 aliphatic carbocycles. The van der Waals surface area contributed by atoms with Crippen LogP contribution in [0.1, 0.15) is 29.8 Å². The van der Waals surface area contributed by atoms with Crippen LogP contribution in [-0.4, -0.2) is 25.2 Å². The van der Waals surface area contributed by atoms with E-state index in [0.29, 0.717) is 18.1 Å². The van der Waals surface area contributed by atoms with Crippen molar-refractivity contribution >= 4 is 17.5 Å². The third kappa shape index (κ3) is 4.36. The summed E-state index contributed by atoms with van der Waals surface area (Å²) < 4.78 is 5.05. The number of rotatable bonds is 5. The Morgan fingerprint density at radius 3 is 2.76 bits per heavy atom. The predicted molar refractivity (Wildman–Crippen MR) is 69.4 cm³/mol. The van der Waals surface area contributed by atoms with E-state index in [0.717, 1.165) is 5.56 Å². The SMILES string of the molecule is COCC(C)(C)NC(=O)c1cccc(CCl)c1. The highest BCUT2D eigenvalue weighted by molar-refractivity contribution is 6.17. The highest BCUT2D eigenvalue weighted by Crippen LogP contribution is 2.10. The number of hydrogen-bond donors (Lipinski definition) is 1. The van der Waals surface area contributed by atoms with Gasteiger partial charge in [0, 0.05) is 18.6 Å². The first-order valence-electron chi connectivity index (χ1n) is 5.45. The fraction of sp³-hybridized carbons (Fsp3) is 0.462. The lowest BCUT2D eigenvalue weighted by atomic mass is 10.1. The Bertz CT molecular complexity index is 391. The Kier molecular flexibility index (Phi) is 4.97. The lowest BCUT2D eigenvalue weighted by molar-refractivity contribution is 0.0820. The molecule has 1 N–H and O–H groups in total. The molecule has 0 saturated carbocycles. The minimum atomic E-state index is -0.386. The van der Waals surface area contributed by atoms with Crippen molar-refractivity contribution in [2.75, 3.05) is 13.7 Å². The van der Waals surface area contributed by atoms with E-state index in [-0.39, 0.29) is 11.4 Å². The first-order chi connectivity index (χ1) is 7.98. The lowest BCUT2D eigenvalue weighted by Crippen LogP contribution is -2.46. The smallest absolute Gasteiger partial charge is 0.251 e.